The van der Waals surface area contributed by atoms with Gasteiger partial charge in [-0.05, 0) is 12.1 Å². The highest BCUT2D eigenvalue weighted by Crippen LogP contribution is 2.40. The van der Waals surface area contributed by atoms with Gasteiger partial charge in [0.25, 0.3) is 0 Å². The molecule has 1 atom stereocenters. The summed E-state index contributed by atoms with van der Waals surface area (Å²) < 4.78 is 4.72. The van der Waals surface area contributed by atoms with Gasteiger partial charge in [-0.2, -0.15) is 0 Å². The number of benzene rings is 1. The van der Waals surface area contributed by atoms with Crippen molar-refractivity contribution in [2.75, 3.05) is 6.54 Å². The van der Waals surface area contributed by atoms with Crippen LogP contribution in [0, 0.1) is 0 Å². The molecule has 0 aromatic heterocycles. The van der Waals surface area contributed by atoms with E-state index in [0.29, 0.717) is 0 Å². The third kappa shape index (κ3) is 2.41. The van der Waals surface area contributed by atoms with Crippen molar-refractivity contribution < 1.29 is 24.9 Å². The van der Waals surface area contributed by atoms with Gasteiger partial charge in [0, 0.05) is 19.0 Å². The topological polar surface area (TPSA) is 113 Å². The van der Waals surface area contributed by atoms with E-state index in [1.54, 1.807) is 0 Å². The Hall–Kier alpha value is -1.79. The molecule has 1 aromatic carbocycles. The van der Waals surface area contributed by atoms with Crippen molar-refractivity contribution in [2.45, 2.75) is 13.0 Å². The Morgan fingerprint density at radius 3 is 2.62 bits per heavy atom. The lowest BCUT2D eigenvalue weighted by molar-refractivity contribution is -0.132. The van der Waals surface area contributed by atoms with Gasteiger partial charge in [-0.1, -0.05) is 0 Å². The van der Waals surface area contributed by atoms with Gasteiger partial charge in [0.05, 0.1) is 6.10 Å². The van der Waals surface area contributed by atoms with Crippen LogP contribution < -0.4 is 10.5 Å². The van der Waals surface area contributed by atoms with Gasteiger partial charge in [0.1, 0.15) is 0 Å². The van der Waals surface area contributed by atoms with E-state index in [9.17, 15) is 20.1 Å². The van der Waals surface area contributed by atoms with Gasteiger partial charge in [0.2, 0.25) is 5.75 Å². The second kappa shape index (κ2) is 4.82. The number of aliphatic hydroxyl groups excluding tert-OH is 1. The average Bonchev–Trinajstić information content (AvgIpc) is 2.23. The quantitative estimate of drug-likeness (QED) is 0.329. The van der Waals surface area contributed by atoms with Crippen molar-refractivity contribution in [3.05, 3.63) is 17.7 Å². The lowest BCUT2D eigenvalue weighted by Gasteiger charge is -2.15. The number of esters is 1. The van der Waals surface area contributed by atoms with Gasteiger partial charge >= 0.3 is 5.97 Å². The van der Waals surface area contributed by atoms with Crippen LogP contribution in [0.1, 0.15) is 18.6 Å². The Morgan fingerprint density at radius 1 is 1.50 bits per heavy atom. The normalized spacial score (nSPS) is 12.2. The highest BCUT2D eigenvalue weighted by molar-refractivity contribution is 5.72. The molecule has 0 heterocycles. The van der Waals surface area contributed by atoms with E-state index in [1.165, 1.54) is 12.1 Å². The molecule has 6 heteroatoms. The molecule has 0 radical (unpaired) electrons. The van der Waals surface area contributed by atoms with Crippen LogP contribution in [0.4, 0.5) is 0 Å². The molecule has 0 fully saturated rings. The average molecular weight is 227 g/mol. The van der Waals surface area contributed by atoms with Crippen LogP contribution in [0.15, 0.2) is 12.1 Å². The summed E-state index contributed by atoms with van der Waals surface area (Å²) in [6.07, 6.45) is -1.08. The van der Waals surface area contributed by atoms with Crippen molar-refractivity contribution in [3.8, 4) is 17.2 Å². The summed E-state index contributed by atoms with van der Waals surface area (Å²) in [4.78, 5) is 10.8. The number of ether oxygens (including phenoxy) is 1. The van der Waals surface area contributed by atoms with Crippen LogP contribution in [0.5, 0.6) is 17.2 Å². The first-order valence-electron chi connectivity index (χ1n) is 4.58. The molecule has 16 heavy (non-hydrogen) atoms. The third-order valence-corrected chi connectivity index (χ3v) is 1.97. The SMILES string of the molecule is CC(=O)Oc1c([C@H](O)CN)ccc(O)c1O. The zero-order valence-corrected chi connectivity index (χ0v) is 8.67. The zero-order chi connectivity index (χ0) is 12.3. The van der Waals surface area contributed by atoms with E-state index in [0.717, 1.165) is 6.92 Å². The Labute approximate surface area is 91.9 Å². The molecule has 0 saturated carbocycles. The smallest absolute Gasteiger partial charge is 0.308 e. The summed E-state index contributed by atoms with van der Waals surface area (Å²) in [7, 11) is 0. The molecule has 0 spiro atoms. The van der Waals surface area contributed by atoms with Crippen molar-refractivity contribution in [3.63, 3.8) is 0 Å². The lowest BCUT2D eigenvalue weighted by Crippen LogP contribution is -2.14. The molecule has 0 aliphatic rings. The second-order valence-electron chi connectivity index (χ2n) is 3.20. The molecule has 0 bridgehead atoms. The molecule has 88 valence electrons. The molecule has 5 N–H and O–H groups in total. The number of aliphatic hydroxyl groups is 1. The van der Waals surface area contributed by atoms with Crippen molar-refractivity contribution in [1.29, 1.82) is 0 Å². The highest BCUT2D eigenvalue weighted by Gasteiger charge is 2.20. The Kier molecular flexibility index (Phi) is 3.70. The number of rotatable bonds is 3. The number of phenolic OH excluding ortho intramolecular Hbond substituents is 2. The van der Waals surface area contributed by atoms with Gasteiger partial charge in [-0.25, -0.2) is 0 Å². The van der Waals surface area contributed by atoms with E-state index in [4.69, 9.17) is 10.5 Å². The first-order chi connectivity index (χ1) is 7.47. The molecule has 6 nitrogen and oxygen atoms in total. The number of nitrogens with two attached hydrogens (primary N) is 1. The van der Waals surface area contributed by atoms with E-state index in [2.05, 4.69) is 0 Å². The van der Waals surface area contributed by atoms with Crippen LogP contribution in [0.2, 0.25) is 0 Å². The predicted molar refractivity (Wildman–Crippen MR) is 55.1 cm³/mol. The molecule has 1 aromatic rings. The molecule has 0 aliphatic heterocycles. The number of aromatic hydroxyl groups is 2. The minimum atomic E-state index is -1.08. The van der Waals surface area contributed by atoms with Crippen LogP contribution in [-0.2, 0) is 4.79 Å². The zero-order valence-electron chi connectivity index (χ0n) is 8.67. The van der Waals surface area contributed by atoms with Crippen LogP contribution in [0.3, 0.4) is 0 Å². The maximum atomic E-state index is 10.8. The lowest BCUT2D eigenvalue weighted by atomic mass is 10.1. The minimum absolute atomic E-state index is 0.0987. The maximum Gasteiger partial charge on any atom is 0.308 e. The molecule has 0 unspecified atom stereocenters. The van der Waals surface area contributed by atoms with Crippen LogP contribution in [0.25, 0.3) is 0 Å². The van der Waals surface area contributed by atoms with Crippen molar-refractivity contribution in [1.82, 2.24) is 0 Å². The van der Waals surface area contributed by atoms with Gasteiger partial charge in [-0.3, -0.25) is 4.79 Å². The number of carbonyl (C=O) groups is 1. The van der Waals surface area contributed by atoms with E-state index < -0.39 is 23.6 Å². The second-order valence-corrected chi connectivity index (χ2v) is 3.20. The Balaban J connectivity index is 3.26. The van der Waals surface area contributed by atoms with Gasteiger partial charge < -0.3 is 25.8 Å². The first-order valence-corrected chi connectivity index (χ1v) is 4.58. The summed E-state index contributed by atoms with van der Waals surface area (Å²) in [6, 6.07) is 2.50. The van der Waals surface area contributed by atoms with Crippen molar-refractivity contribution >= 4 is 5.97 Å². The monoisotopic (exact) mass is 227 g/mol. The Morgan fingerprint density at radius 2 is 2.12 bits per heavy atom. The van der Waals surface area contributed by atoms with E-state index >= 15 is 0 Å². The Bertz CT molecular complexity index is 404. The molecular formula is C10H13NO5. The third-order valence-electron chi connectivity index (χ3n) is 1.97. The number of hydrogen-bond donors (Lipinski definition) is 4. The fourth-order valence-corrected chi connectivity index (χ4v) is 1.22. The highest BCUT2D eigenvalue weighted by atomic mass is 16.5. The summed E-state index contributed by atoms with van der Waals surface area (Å²) in [6.45, 7) is 1.04. The predicted octanol–water partition coefficient (Wildman–Crippen LogP) is 0.0152. The first kappa shape index (κ1) is 12.3. The largest absolute Gasteiger partial charge is 0.504 e. The molecule has 0 saturated heterocycles. The van der Waals surface area contributed by atoms with Gasteiger partial charge in [0.15, 0.2) is 11.5 Å². The number of carbonyl (C=O) groups excluding carboxylic acids is 1. The van der Waals surface area contributed by atoms with E-state index in [1.807, 2.05) is 0 Å². The fraction of sp³-hybridized carbons (Fsp3) is 0.300. The standard InChI is InChI=1S/C10H13NO5/c1-5(12)16-10-6(8(14)4-11)2-3-7(13)9(10)15/h2-3,8,13-15H,4,11H2,1H3/t8-/m1/s1. The van der Waals surface area contributed by atoms with Gasteiger partial charge in [-0.15, -0.1) is 0 Å². The van der Waals surface area contributed by atoms with E-state index in [-0.39, 0.29) is 17.9 Å². The fourth-order valence-electron chi connectivity index (χ4n) is 1.22. The summed E-state index contributed by atoms with van der Waals surface area (Å²) in [5.74, 6) is -1.98. The minimum Gasteiger partial charge on any atom is -0.504 e. The summed E-state index contributed by atoms with van der Waals surface area (Å²) in [5, 5.41) is 28.3. The number of hydrogen-bond acceptors (Lipinski definition) is 6. The summed E-state index contributed by atoms with van der Waals surface area (Å²) >= 11 is 0. The maximum absolute atomic E-state index is 10.8. The molecular weight excluding hydrogens is 214 g/mol. The molecule has 0 aliphatic carbocycles. The van der Waals surface area contributed by atoms with Crippen LogP contribution >= 0.6 is 0 Å². The summed E-state index contributed by atoms with van der Waals surface area (Å²) in [5.41, 5.74) is 5.40. The molecule has 1 rings (SSSR count). The van der Waals surface area contributed by atoms with Crippen LogP contribution in [-0.4, -0.2) is 27.8 Å². The number of phenols is 2. The molecule has 0 amide bonds. The van der Waals surface area contributed by atoms with Crippen molar-refractivity contribution in [2.24, 2.45) is 5.73 Å².